The molecule has 460 valence electrons. The summed E-state index contributed by atoms with van der Waals surface area (Å²) in [5, 5.41) is 0. The third-order valence-electron chi connectivity index (χ3n) is 21.2. The Labute approximate surface area is 563 Å². The van der Waals surface area contributed by atoms with Crippen molar-refractivity contribution in [2.75, 3.05) is 0 Å². The molecule has 6 aliphatic rings. The third-order valence-corrected chi connectivity index (χ3v) is 21.2. The van der Waals surface area contributed by atoms with E-state index in [0.29, 0.717) is 0 Å². The summed E-state index contributed by atoms with van der Waals surface area (Å²) >= 11 is 0. The molecule has 0 N–H and O–H groups in total. The molecule has 0 unspecified atom stereocenters. The molecule has 0 heterocycles. The molecule has 0 nitrogen and oxygen atoms in total. The highest BCUT2D eigenvalue weighted by Gasteiger charge is 2.51. The molecule has 0 bridgehead atoms. The van der Waals surface area contributed by atoms with Gasteiger partial charge in [0.1, 0.15) is 0 Å². The Bertz CT molecular complexity index is 4970. The fourth-order valence-corrected chi connectivity index (χ4v) is 16.8. The van der Waals surface area contributed by atoms with Gasteiger partial charge in [-0.3, -0.25) is 0 Å². The average Bonchev–Trinajstić information content (AvgIpc) is 1.52. The summed E-state index contributed by atoms with van der Waals surface area (Å²) in [4.78, 5) is 0. The van der Waals surface area contributed by atoms with E-state index >= 15 is 0 Å². The van der Waals surface area contributed by atoms with Crippen molar-refractivity contribution in [3.8, 4) is 55.6 Å². The predicted molar refractivity (Wildman–Crippen MR) is 402 cm³/mol. The summed E-state index contributed by atoms with van der Waals surface area (Å²) in [6.45, 7) is 21.5. The zero-order chi connectivity index (χ0) is 65.2. The van der Waals surface area contributed by atoms with Gasteiger partial charge in [-0.15, -0.1) is 0 Å². The zero-order valence-corrected chi connectivity index (χ0v) is 56.0. The lowest BCUT2D eigenvalue weighted by atomic mass is 9.67. The molecule has 0 amide bonds. The van der Waals surface area contributed by atoms with Crippen molar-refractivity contribution in [3.63, 3.8) is 0 Å². The topological polar surface area (TPSA) is 0 Å². The maximum atomic E-state index is 3.84. The summed E-state index contributed by atoms with van der Waals surface area (Å²) in [6, 6.07) is 109. The van der Waals surface area contributed by atoms with Gasteiger partial charge in [-0.05, 0) is 199 Å². The number of benzene rings is 13. The lowest BCUT2D eigenvalue weighted by molar-refractivity contribution is 0.660. The SMILES string of the molecule is C=CC1=C(C)c2ccc(C)cc2C1.Cc1ccc2c(c1)-c1ccccc1C2.Cc1ccc2c(c1)C(C)(C)c1ccccc1-2.Cc1ccc2c(c1)C(c1ccccc1)(c1ccccc1)c1ccccc1-2.Cc1ccc2c(c1)C1(c3ccccc3-c3ccccc31)c1ccccc1-2. The lowest BCUT2D eigenvalue weighted by Crippen LogP contribution is -2.28. The van der Waals surface area contributed by atoms with E-state index in [-0.39, 0.29) is 16.2 Å². The van der Waals surface area contributed by atoms with Crippen LogP contribution in [0.3, 0.4) is 0 Å². The highest BCUT2D eigenvalue weighted by molar-refractivity contribution is 5.95. The van der Waals surface area contributed by atoms with Crippen LogP contribution in [-0.4, -0.2) is 0 Å². The molecule has 6 aliphatic carbocycles. The molecule has 0 fully saturated rings. The highest BCUT2D eigenvalue weighted by atomic mass is 14.5. The van der Waals surface area contributed by atoms with Gasteiger partial charge in [-0.1, -0.05) is 352 Å². The van der Waals surface area contributed by atoms with E-state index in [1.54, 1.807) is 0 Å². The van der Waals surface area contributed by atoms with Crippen LogP contribution in [0.1, 0.15) is 126 Å². The van der Waals surface area contributed by atoms with E-state index in [9.17, 15) is 0 Å². The summed E-state index contributed by atoms with van der Waals surface area (Å²) in [5.74, 6) is 0. The van der Waals surface area contributed by atoms with E-state index in [2.05, 4.69) is 359 Å². The van der Waals surface area contributed by atoms with Gasteiger partial charge in [0.2, 0.25) is 0 Å². The second-order valence-corrected chi connectivity index (χ2v) is 27.4. The number of rotatable bonds is 3. The first-order valence-electron chi connectivity index (χ1n) is 33.8. The molecule has 95 heavy (non-hydrogen) atoms. The molecular formula is C95H80. The Morgan fingerprint density at radius 3 is 1.08 bits per heavy atom. The van der Waals surface area contributed by atoms with Gasteiger partial charge >= 0.3 is 0 Å². The Morgan fingerprint density at radius 1 is 0.253 bits per heavy atom. The van der Waals surface area contributed by atoms with Gasteiger partial charge in [0.05, 0.1) is 10.8 Å². The molecule has 13 aromatic rings. The van der Waals surface area contributed by atoms with Crippen LogP contribution in [0.4, 0.5) is 0 Å². The second kappa shape index (κ2) is 24.3. The fourth-order valence-electron chi connectivity index (χ4n) is 16.8. The first-order chi connectivity index (χ1) is 46.3. The molecule has 0 saturated carbocycles. The van der Waals surface area contributed by atoms with E-state index in [0.717, 1.165) is 12.8 Å². The number of hydrogen-bond donors (Lipinski definition) is 0. The van der Waals surface area contributed by atoms with Crippen molar-refractivity contribution >= 4 is 5.57 Å². The maximum absolute atomic E-state index is 3.84. The molecular weight excluding hydrogens is 1140 g/mol. The van der Waals surface area contributed by atoms with Gasteiger partial charge in [0, 0.05) is 5.41 Å². The van der Waals surface area contributed by atoms with Gasteiger partial charge in [0.25, 0.3) is 0 Å². The summed E-state index contributed by atoms with van der Waals surface area (Å²) < 4.78 is 0. The van der Waals surface area contributed by atoms with Crippen LogP contribution >= 0.6 is 0 Å². The van der Waals surface area contributed by atoms with Crippen molar-refractivity contribution in [1.82, 2.24) is 0 Å². The quantitative estimate of drug-likeness (QED) is 0.165. The molecule has 0 radical (unpaired) electrons. The van der Waals surface area contributed by atoms with Crippen LogP contribution in [0.25, 0.3) is 61.2 Å². The van der Waals surface area contributed by atoms with E-state index in [1.165, 1.54) is 172 Å². The molecule has 1 spiro atoms. The van der Waals surface area contributed by atoms with Gasteiger partial charge in [-0.2, -0.15) is 0 Å². The molecule has 0 atom stereocenters. The molecule has 13 aromatic carbocycles. The van der Waals surface area contributed by atoms with Crippen LogP contribution in [0.2, 0.25) is 0 Å². The van der Waals surface area contributed by atoms with E-state index in [4.69, 9.17) is 0 Å². The summed E-state index contributed by atoms with van der Waals surface area (Å²) in [7, 11) is 0. The monoisotopic (exact) mass is 1220 g/mol. The van der Waals surface area contributed by atoms with Crippen LogP contribution in [-0.2, 0) is 29.1 Å². The average molecular weight is 1220 g/mol. The largest absolute Gasteiger partial charge is 0.0988 e. The second-order valence-electron chi connectivity index (χ2n) is 27.4. The smallest absolute Gasteiger partial charge is 0.0725 e. The molecule has 0 saturated heterocycles. The van der Waals surface area contributed by atoms with Crippen molar-refractivity contribution in [2.24, 2.45) is 0 Å². The minimum atomic E-state index is -0.263. The Morgan fingerprint density at radius 2 is 0.589 bits per heavy atom. The minimum absolute atomic E-state index is 0.151. The van der Waals surface area contributed by atoms with Gasteiger partial charge < -0.3 is 0 Å². The fraction of sp³-hybridized carbons (Fsp3) is 0.137. The van der Waals surface area contributed by atoms with Crippen molar-refractivity contribution in [3.05, 3.63) is 421 Å². The Hall–Kier alpha value is -10.7. The minimum Gasteiger partial charge on any atom is -0.0988 e. The predicted octanol–water partition coefficient (Wildman–Crippen LogP) is 24.1. The van der Waals surface area contributed by atoms with Crippen molar-refractivity contribution in [2.45, 2.75) is 84.5 Å². The summed E-state index contributed by atoms with van der Waals surface area (Å²) in [6.07, 6.45) is 4.14. The molecule has 0 aromatic heterocycles. The van der Waals surface area contributed by atoms with Gasteiger partial charge in [0.15, 0.2) is 0 Å². The van der Waals surface area contributed by atoms with Crippen LogP contribution < -0.4 is 0 Å². The first kappa shape index (κ1) is 60.6. The Kier molecular flexibility index (Phi) is 15.5. The third kappa shape index (κ3) is 10.0. The van der Waals surface area contributed by atoms with Crippen LogP contribution in [0.15, 0.2) is 315 Å². The molecule has 0 heteroatoms. The Balaban J connectivity index is 0.000000101. The van der Waals surface area contributed by atoms with Crippen LogP contribution in [0, 0.1) is 34.6 Å². The van der Waals surface area contributed by atoms with Gasteiger partial charge in [-0.25, -0.2) is 0 Å². The number of aryl methyl sites for hydroxylation is 5. The van der Waals surface area contributed by atoms with E-state index < -0.39 is 0 Å². The van der Waals surface area contributed by atoms with E-state index in [1.807, 2.05) is 6.08 Å². The lowest BCUT2D eigenvalue weighted by Gasteiger charge is -2.34. The van der Waals surface area contributed by atoms with Crippen molar-refractivity contribution < 1.29 is 0 Å². The first-order valence-corrected chi connectivity index (χ1v) is 33.8. The normalized spacial score (nSPS) is 14.3. The molecule has 0 aliphatic heterocycles. The molecule has 19 rings (SSSR count). The maximum Gasteiger partial charge on any atom is 0.0725 e. The number of hydrogen-bond acceptors (Lipinski definition) is 0. The number of allylic oxidation sites excluding steroid dienone is 3. The van der Waals surface area contributed by atoms with Crippen LogP contribution in [0.5, 0.6) is 0 Å². The highest BCUT2D eigenvalue weighted by Crippen LogP contribution is 2.63. The number of fused-ring (bicyclic) bond motifs is 20. The zero-order valence-electron chi connectivity index (χ0n) is 56.0. The standard InChI is InChI=1S/C26H18.C26H20.C16H16.C14H12.C13H14/c1-17-14-15-21-20-10-4-7-13-24(20)26(25(21)16-17)22-11-5-2-8-18(22)19-9-3-6-12-23(19)26;1-19-16-17-23-22-14-8-9-15-24(22)26(25(23)18-19,20-10-4-2-5-11-20)21-12-6-3-7-13-21;1-11-8-9-13-12-6-4-5-7-14(12)16(2,3)15(13)10-11;1-10-6-7-12-9-11-4-2-3-5-13(11)14(12)8-10;1-4-11-8-12-7-9(2)5-6-13(12)10(11)3/h2-16H,1H3;2-18H,1H3;4-10H,1-3H3;2-8H,9H2,1H3;4-7H,1,8H2,2-3H3. The summed E-state index contributed by atoms with van der Waals surface area (Å²) in [5.41, 5.74) is 42.7. The van der Waals surface area contributed by atoms with Crippen molar-refractivity contribution in [1.29, 1.82) is 0 Å².